The third-order valence-electron chi connectivity index (χ3n) is 1.79. The Hall–Kier alpha value is -0.390. The summed E-state index contributed by atoms with van der Waals surface area (Å²) in [7, 11) is -3.18. The molecular weight excluding hydrogens is 266 g/mol. The Morgan fingerprint density at radius 2 is 1.93 bits per heavy atom. The average Bonchev–Trinajstić information content (AvgIpc) is 2.15. The van der Waals surface area contributed by atoms with Crippen LogP contribution in [0.3, 0.4) is 0 Å². The van der Waals surface area contributed by atoms with Crippen LogP contribution in [0.5, 0.6) is 0 Å². The van der Waals surface area contributed by atoms with Gasteiger partial charge in [0.2, 0.25) is 0 Å². The molecule has 0 atom stereocenters. The van der Waals surface area contributed by atoms with E-state index in [4.69, 9.17) is 5.73 Å². The highest BCUT2D eigenvalue weighted by atomic mass is 79.9. The van der Waals surface area contributed by atoms with Crippen LogP contribution in [0.2, 0.25) is 0 Å². The Labute approximate surface area is 92.4 Å². The van der Waals surface area contributed by atoms with Gasteiger partial charge in [0.05, 0.1) is 10.6 Å². The zero-order chi connectivity index (χ0) is 10.6. The van der Waals surface area contributed by atoms with Gasteiger partial charge in [0, 0.05) is 4.47 Å². The van der Waals surface area contributed by atoms with Crippen LogP contribution in [0, 0.1) is 0 Å². The predicted molar refractivity (Wildman–Crippen MR) is 59.9 cm³/mol. The Morgan fingerprint density at radius 1 is 1.29 bits per heavy atom. The third kappa shape index (κ3) is 2.80. The van der Waals surface area contributed by atoms with Gasteiger partial charge in [-0.1, -0.05) is 12.1 Å². The number of rotatable bonds is 4. The molecule has 0 bridgehead atoms. The summed E-state index contributed by atoms with van der Waals surface area (Å²) in [6.07, 6.45) is 0.490. The molecule has 3 nitrogen and oxygen atoms in total. The normalized spacial score (nSPS) is 11.6. The van der Waals surface area contributed by atoms with E-state index in [1.54, 1.807) is 24.3 Å². The molecule has 0 saturated carbocycles. The van der Waals surface area contributed by atoms with Crippen molar-refractivity contribution in [2.45, 2.75) is 11.3 Å². The van der Waals surface area contributed by atoms with Crippen molar-refractivity contribution in [3.63, 3.8) is 0 Å². The molecule has 0 heterocycles. The standard InChI is InChI=1S/C9H12BrNO2S/c10-8-4-1-2-5-9(8)14(12,13)7-3-6-11/h1-2,4-5H,3,6-7,11H2. The van der Waals surface area contributed by atoms with Gasteiger partial charge in [-0.05, 0) is 41.0 Å². The van der Waals surface area contributed by atoms with Gasteiger partial charge in [0.15, 0.2) is 9.84 Å². The van der Waals surface area contributed by atoms with Gasteiger partial charge in [-0.15, -0.1) is 0 Å². The second kappa shape index (κ2) is 4.91. The van der Waals surface area contributed by atoms with E-state index in [0.29, 0.717) is 22.3 Å². The first kappa shape index (κ1) is 11.7. The summed E-state index contributed by atoms with van der Waals surface area (Å²) >= 11 is 3.21. The van der Waals surface area contributed by atoms with Crippen molar-refractivity contribution in [3.05, 3.63) is 28.7 Å². The van der Waals surface area contributed by atoms with Crippen molar-refractivity contribution in [1.29, 1.82) is 0 Å². The molecule has 1 aromatic carbocycles. The van der Waals surface area contributed by atoms with Gasteiger partial charge < -0.3 is 5.73 Å². The fourth-order valence-electron chi connectivity index (χ4n) is 1.08. The molecule has 78 valence electrons. The number of sulfone groups is 1. The molecule has 5 heteroatoms. The molecule has 0 aliphatic rings. The minimum absolute atomic E-state index is 0.103. The molecule has 0 aliphatic carbocycles. The average molecular weight is 278 g/mol. The van der Waals surface area contributed by atoms with Crippen LogP contribution in [0.15, 0.2) is 33.6 Å². The monoisotopic (exact) mass is 277 g/mol. The molecule has 0 radical (unpaired) electrons. The van der Waals surface area contributed by atoms with Gasteiger partial charge in [-0.3, -0.25) is 0 Å². The Bertz CT molecular complexity index is 403. The van der Waals surface area contributed by atoms with Gasteiger partial charge in [0.1, 0.15) is 0 Å². The van der Waals surface area contributed by atoms with Crippen LogP contribution >= 0.6 is 15.9 Å². The van der Waals surface area contributed by atoms with Gasteiger partial charge in [-0.25, -0.2) is 8.42 Å². The second-order valence-corrected chi connectivity index (χ2v) is 5.82. The third-order valence-corrected chi connectivity index (χ3v) is 4.60. The van der Waals surface area contributed by atoms with Gasteiger partial charge in [-0.2, -0.15) is 0 Å². The summed E-state index contributed by atoms with van der Waals surface area (Å²) < 4.78 is 24.1. The summed E-state index contributed by atoms with van der Waals surface area (Å²) in [4.78, 5) is 0.341. The molecular formula is C9H12BrNO2S. The van der Waals surface area contributed by atoms with Crippen LogP contribution < -0.4 is 5.73 Å². The maximum atomic E-state index is 11.7. The summed E-state index contributed by atoms with van der Waals surface area (Å²) in [6, 6.07) is 6.80. The van der Waals surface area contributed by atoms with Crippen molar-refractivity contribution in [1.82, 2.24) is 0 Å². The smallest absolute Gasteiger partial charge is 0.179 e. The first-order valence-corrected chi connectivity index (χ1v) is 6.70. The summed E-state index contributed by atoms with van der Waals surface area (Å²) in [6.45, 7) is 0.393. The summed E-state index contributed by atoms with van der Waals surface area (Å²) in [5.74, 6) is 0.103. The van der Waals surface area contributed by atoms with Crippen LogP contribution in [0.4, 0.5) is 0 Å². The van der Waals surface area contributed by atoms with E-state index in [9.17, 15) is 8.42 Å². The van der Waals surface area contributed by atoms with Crippen LogP contribution in [0.1, 0.15) is 6.42 Å². The lowest BCUT2D eigenvalue weighted by Crippen LogP contribution is -2.11. The molecule has 1 aromatic rings. The number of nitrogens with two attached hydrogens (primary N) is 1. The molecule has 1 rings (SSSR count). The highest BCUT2D eigenvalue weighted by Gasteiger charge is 2.15. The largest absolute Gasteiger partial charge is 0.330 e. The maximum absolute atomic E-state index is 11.7. The Kier molecular flexibility index (Phi) is 4.10. The SMILES string of the molecule is NCCCS(=O)(=O)c1ccccc1Br. The van der Waals surface area contributed by atoms with E-state index >= 15 is 0 Å². The highest BCUT2D eigenvalue weighted by Crippen LogP contribution is 2.22. The lowest BCUT2D eigenvalue weighted by atomic mass is 10.4. The number of hydrogen-bond donors (Lipinski definition) is 1. The van der Waals surface area contributed by atoms with Gasteiger partial charge >= 0.3 is 0 Å². The van der Waals surface area contributed by atoms with E-state index in [1.165, 1.54) is 0 Å². The van der Waals surface area contributed by atoms with Crippen LogP contribution in [0.25, 0.3) is 0 Å². The maximum Gasteiger partial charge on any atom is 0.179 e. The van der Waals surface area contributed by atoms with Crippen molar-refractivity contribution < 1.29 is 8.42 Å². The van der Waals surface area contributed by atoms with Crippen molar-refractivity contribution >= 4 is 25.8 Å². The zero-order valence-corrected chi connectivity index (χ0v) is 10.0. The van der Waals surface area contributed by atoms with E-state index in [0.717, 1.165) is 0 Å². The Balaban J connectivity index is 2.99. The highest BCUT2D eigenvalue weighted by molar-refractivity contribution is 9.10. The number of halogens is 1. The van der Waals surface area contributed by atoms with Gasteiger partial charge in [0.25, 0.3) is 0 Å². The first-order chi connectivity index (χ1) is 6.58. The lowest BCUT2D eigenvalue weighted by Gasteiger charge is -2.04. The molecule has 0 fully saturated rings. The number of benzene rings is 1. The minimum Gasteiger partial charge on any atom is -0.330 e. The molecule has 0 spiro atoms. The van der Waals surface area contributed by atoms with Crippen molar-refractivity contribution in [2.75, 3.05) is 12.3 Å². The number of hydrogen-bond acceptors (Lipinski definition) is 3. The van der Waals surface area contributed by atoms with E-state index in [1.807, 2.05) is 0 Å². The first-order valence-electron chi connectivity index (χ1n) is 4.25. The van der Waals surface area contributed by atoms with Crippen LogP contribution in [-0.4, -0.2) is 20.7 Å². The fourth-order valence-corrected chi connectivity index (χ4v) is 3.52. The Morgan fingerprint density at radius 3 is 2.50 bits per heavy atom. The van der Waals surface area contributed by atoms with Crippen LogP contribution in [-0.2, 0) is 9.84 Å². The van der Waals surface area contributed by atoms with Crippen molar-refractivity contribution in [3.8, 4) is 0 Å². The second-order valence-electron chi connectivity index (χ2n) is 2.89. The summed E-state index contributed by atoms with van der Waals surface area (Å²) in [5.41, 5.74) is 5.28. The molecule has 0 amide bonds. The quantitative estimate of drug-likeness (QED) is 0.909. The molecule has 0 aromatic heterocycles. The predicted octanol–water partition coefficient (Wildman–Crippen LogP) is 1.57. The fraction of sp³-hybridized carbons (Fsp3) is 0.333. The lowest BCUT2D eigenvalue weighted by molar-refractivity contribution is 0.593. The van der Waals surface area contributed by atoms with E-state index in [2.05, 4.69) is 15.9 Å². The molecule has 0 unspecified atom stereocenters. The van der Waals surface area contributed by atoms with E-state index in [-0.39, 0.29) is 5.75 Å². The zero-order valence-electron chi connectivity index (χ0n) is 7.61. The van der Waals surface area contributed by atoms with E-state index < -0.39 is 9.84 Å². The van der Waals surface area contributed by atoms with Crippen molar-refractivity contribution in [2.24, 2.45) is 5.73 Å². The molecule has 0 aliphatic heterocycles. The summed E-state index contributed by atoms with van der Waals surface area (Å²) in [5, 5.41) is 0. The molecule has 2 N–H and O–H groups in total. The molecule has 14 heavy (non-hydrogen) atoms. The topological polar surface area (TPSA) is 60.2 Å². The minimum atomic E-state index is -3.18. The molecule has 0 saturated heterocycles.